The highest BCUT2D eigenvalue weighted by Crippen LogP contribution is 2.18. The van der Waals surface area contributed by atoms with Gasteiger partial charge in [0.05, 0.1) is 13.2 Å². The Balaban J connectivity index is 2.53. The molecule has 4 nitrogen and oxygen atoms in total. The van der Waals surface area contributed by atoms with Crippen molar-refractivity contribution in [2.75, 3.05) is 25.1 Å². The van der Waals surface area contributed by atoms with Crippen molar-refractivity contribution in [3.8, 4) is 0 Å². The van der Waals surface area contributed by atoms with Crippen LogP contribution in [-0.2, 0) is 4.74 Å². The number of hydrogen-bond donors (Lipinski definition) is 2. The van der Waals surface area contributed by atoms with E-state index < -0.39 is 0 Å². The fourth-order valence-corrected chi connectivity index (χ4v) is 1.54. The summed E-state index contributed by atoms with van der Waals surface area (Å²) in [5.41, 5.74) is 8.05. The van der Waals surface area contributed by atoms with Crippen molar-refractivity contribution in [2.45, 2.75) is 26.7 Å². The quantitative estimate of drug-likeness (QED) is 0.463. The Bertz CT molecular complexity index is 388. The molecule has 1 aromatic carbocycles. The van der Waals surface area contributed by atoms with E-state index in [1.54, 1.807) is 0 Å². The van der Waals surface area contributed by atoms with Crippen LogP contribution < -0.4 is 11.1 Å². The average molecular weight is 249 g/mol. The molecule has 100 valence electrons. The predicted octanol–water partition coefficient (Wildman–Crippen LogP) is 2.57. The first-order valence-electron chi connectivity index (χ1n) is 6.38. The van der Waals surface area contributed by atoms with E-state index in [-0.39, 0.29) is 0 Å². The zero-order valence-corrected chi connectivity index (χ0v) is 11.4. The minimum Gasteiger partial charge on any atom is -0.380 e. The minimum absolute atomic E-state index is 0.426. The van der Waals surface area contributed by atoms with Gasteiger partial charge in [-0.1, -0.05) is 26.0 Å². The van der Waals surface area contributed by atoms with Crippen LogP contribution in [0.5, 0.6) is 0 Å². The summed E-state index contributed by atoms with van der Waals surface area (Å²) in [4.78, 5) is 4.19. The van der Waals surface area contributed by atoms with Gasteiger partial charge in [-0.15, -0.1) is 0 Å². The van der Waals surface area contributed by atoms with E-state index in [2.05, 4.69) is 36.3 Å². The van der Waals surface area contributed by atoms with Crippen LogP contribution in [0, 0.1) is 0 Å². The molecule has 0 saturated heterocycles. The second kappa shape index (κ2) is 7.71. The van der Waals surface area contributed by atoms with Crippen LogP contribution in [0.4, 0.5) is 5.69 Å². The number of benzene rings is 1. The van der Waals surface area contributed by atoms with Crippen LogP contribution in [0.3, 0.4) is 0 Å². The van der Waals surface area contributed by atoms with Crippen LogP contribution in [0.15, 0.2) is 29.3 Å². The lowest BCUT2D eigenvalue weighted by atomic mass is 10.0. The van der Waals surface area contributed by atoms with E-state index >= 15 is 0 Å². The van der Waals surface area contributed by atoms with Gasteiger partial charge < -0.3 is 15.8 Å². The first-order valence-corrected chi connectivity index (χ1v) is 6.38. The Hall–Kier alpha value is -1.55. The molecular weight excluding hydrogens is 226 g/mol. The Kier molecular flexibility index (Phi) is 6.22. The molecule has 0 spiro atoms. The number of rotatable bonds is 6. The molecule has 0 radical (unpaired) electrons. The predicted molar refractivity (Wildman–Crippen MR) is 77.1 cm³/mol. The van der Waals surface area contributed by atoms with Gasteiger partial charge in [0.15, 0.2) is 5.96 Å². The molecule has 0 amide bonds. The van der Waals surface area contributed by atoms with Crippen molar-refractivity contribution in [1.82, 2.24) is 0 Å². The maximum atomic E-state index is 5.80. The second-order valence-corrected chi connectivity index (χ2v) is 4.37. The first kappa shape index (κ1) is 14.5. The Labute approximate surface area is 109 Å². The van der Waals surface area contributed by atoms with Gasteiger partial charge in [-0.3, -0.25) is 4.99 Å². The summed E-state index contributed by atoms with van der Waals surface area (Å²) in [7, 11) is 0. The van der Waals surface area contributed by atoms with Gasteiger partial charge in [0.1, 0.15) is 0 Å². The molecule has 0 aliphatic carbocycles. The summed E-state index contributed by atoms with van der Waals surface area (Å²) in [6.07, 6.45) is 0. The van der Waals surface area contributed by atoms with Gasteiger partial charge in [-0.2, -0.15) is 0 Å². The number of aliphatic imine (C=N–C) groups is 1. The van der Waals surface area contributed by atoms with Gasteiger partial charge in [-0.25, -0.2) is 0 Å². The molecule has 0 unspecified atom stereocenters. The van der Waals surface area contributed by atoms with Crippen LogP contribution in [0.25, 0.3) is 0 Å². The Morgan fingerprint density at radius 3 is 2.89 bits per heavy atom. The Morgan fingerprint density at radius 1 is 1.44 bits per heavy atom. The normalized spacial score (nSPS) is 11.9. The van der Waals surface area contributed by atoms with Crippen molar-refractivity contribution in [2.24, 2.45) is 10.7 Å². The second-order valence-electron chi connectivity index (χ2n) is 4.37. The maximum Gasteiger partial charge on any atom is 0.193 e. The molecule has 0 aliphatic rings. The van der Waals surface area contributed by atoms with Gasteiger partial charge in [0.2, 0.25) is 0 Å². The molecule has 0 heterocycles. The average Bonchev–Trinajstić information content (AvgIpc) is 2.35. The summed E-state index contributed by atoms with van der Waals surface area (Å²) in [6.45, 7) is 8.18. The summed E-state index contributed by atoms with van der Waals surface area (Å²) < 4.78 is 5.19. The summed E-state index contributed by atoms with van der Waals surface area (Å²) in [6, 6.07) is 8.20. The number of nitrogens with zero attached hydrogens (tertiary/aromatic N) is 1. The molecule has 1 rings (SSSR count). The van der Waals surface area contributed by atoms with Crippen molar-refractivity contribution in [1.29, 1.82) is 0 Å². The van der Waals surface area contributed by atoms with E-state index in [1.165, 1.54) is 5.56 Å². The zero-order valence-electron chi connectivity index (χ0n) is 11.4. The number of nitrogens with one attached hydrogen (secondary N) is 1. The lowest BCUT2D eigenvalue weighted by molar-refractivity contribution is 0.156. The fourth-order valence-electron chi connectivity index (χ4n) is 1.54. The van der Waals surface area contributed by atoms with Crippen LogP contribution in [-0.4, -0.2) is 25.7 Å². The molecule has 3 N–H and O–H groups in total. The van der Waals surface area contributed by atoms with Crippen LogP contribution in [0.1, 0.15) is 32.3 Å². The number of guanidine groups is 1. The highest BCUT2D eigenvalue weighted by Gasteiger charge is 2.00. The van der Waals surface area contributed by atoms with E-state index in [0.717, 1.165) is 5.69 Å². The van der Waals surface area contributed by atoms with E-state index in [1.807, 2.05) is 19.1 Å². The maximum absolute atomic E-state index is 5.80. The summed E-state index contributed by atoms with van der Waals surface area (Å²) in [5, 5.41) is 3.09. The van der Waals surface area contributed by atoms with Gasteiger partial charge in [-0.05, 0) is 30.5 Å². The molecule has 0 fully saturated rings. The molecule has 0 aromatic heterocycles. The topological polar surface area (TPSA) is 59.6 Å². The lowest BCUT2D eigenvalue weighted by Crippen LogP contribution is -2.23. The lowest BCUT2D eigenvalue weighted by Gasteiger charge is -2.09. The van der Waals surface area contributed by atoms with Crippen LogP contribution in [0.2, 0.25) is 0 Å². The summed E-state index contributed by atoms with van der Waals surface area (Å²) >= 11 is 0. The fraction of sp³-hybridized carbons (Fsp3) is 0.500. The number of ether oxygens (including phenoxy) is 1. The zero-order chi connectivity index (χ0) is 13.4. The highest BCUT2D eigenvalue weighted by molar-refractivity contribution is 5.92. The standard InChI is InChI=1S/C14H23N3O/c1-4-18-9-8-16-14(15)17-13-7-5-6-12(10-13)11(2)3/h5-7,10-11H,4,8-9H2,1-3H3,(H3,15,16,17). The third-order valence-corrected chi connectivity index (χ3v) is 2.55. The monoisotopic (exact) mass is 249 g/mol. The van der Waals surface area contributed by atoms with E-state index in [9.17, 15) is 0 Å². The number of nitrogens with two attached hydrogens (primary N) is 1. The van der Waals surface area contributed by atoms with Gasteiger partial charge in [0.25, 0.3) is 0 Å². The number of hydrogen-bond acceptors (Lipinski definition) is 2. The van der Waals surface area contributed by atoms with Crippen molar-refractivity contribution >= 4 is 11.6 Å². The SMILES string of the molecule is CCOCCN=C(N)Nc1cccc(C(C)C)c1. The van der Waals surface area contributed by atoms with E-state index in [4.69, 9.17) is 10.5 Å². The third kappa shape index (κ3) is 5.19. The Morgan fingerprint density at radius 2 is 2.22 bits per heavy atom. The molecule has 0 bridgehead atoms. The third-order valence-electron chi connectivity index (χ3n) is 2.55. The smallest absolute Gasteiger partial charge is 0.193 e. The summed E-state index contributed by atoms with van der Waals surface area (Å²) in [5.74, 6) is 0.929. The number of anilines is 1. The molecular formula is C14H23N3O. The van der Waals surface area contributed by atoms with E-state index in [0.29, 0.717) is 31.6 Å². The van der Waals surface area contributed by atoms with Crippen molar-refractivity contribution in [3.63, 3.8) is 0 Å². The molecule has 0 aliphatic heterocycles. The van der Waals surface area contributed by atoms with Crippen molar-refractivity contribution in [3.05, 3.63) is 29.8 Å². The molecule has 1 aromatic rings. The van der Waals surface area contributed by atoms with Gasteiger partial charge in [0, 0.05) is 12.3 Å². The van der Waals surface area contributed by atoms with Gasteiger partial charge >= 0.3 is 0 Å². The molecule has 4 heteroatoms. The first-order chi connectivity index (χ1) is 8.63. The highest BCUT2D eigenvalue weighted by atomic mass is 16.5. The largest absolute Gasteiger partial charge is 0.380 e. The molecule has 0 saturated carbocycles. The minimum atomic E-state index is 0.426. The molecule has 0 atom stereocenters. The van der Waals surface area contributed by atoms with Crippen LogP contribution >= 0.6 is 0 Å². The van der Waals surface area contributed by atoms with Crippen molar-refractivity contribution < 1.29 is 4.74 Å². The molecule has 18 heavy (non-hydrogen) atoms.